The number of methoxy groups -OCH3 is 4. The molecule has 148 valence electrons. The molecule has 1 N–H and O–H groups in total. The Morgan fingerprint density at radius 3 is 1.96 bits per heavy atom. The summed E-state index contributed by atoms with van der Waals surface area (Å²) in [5.74, 6) is -4.54. The van der Waals surface area contributed by atoms with E-state index in [-0.39, 0.29) is 0 Å². The van der Waals surface area contributed by atoms with Crippen molar-refractivity contribution < 1.29 is 38.1 Å². The van der Waals surface area contributed by atoms with E-state index < -0.39 is 48.3 Å². The first-order chi connectivity index (χ1) is 12.9. The number of amides is 1. The van der Waals surface area contributed by atoms with Crippen LogP contribution in [0.3, 0.4) is 0 Å². The number of carbonyl (C=O) groups excluding carboxylic acids is 4. The maximum Gasteiger partial charge on any atom is 0.329 e. The number of carbonyl (C=O) groups is 4. The summed E-state index contributed by atoms with van der Waals surface area (Å²) in [5, 5.41) is 2.41. The number of rotatable bonds is 9. The van der Waals surface area contributed by atoms with Crippen LogP contribution in [0.2, 0.25) is 0 Å². The van der Waals surface area contributed by atoms with Crippen molar-refractivity contribution in [2.75, 3.05) is 28.4 Å². The van der Waals surface area contributed by atoms with Gasteiger partial charge in [-0.1, -0.05) is 30.3 Å². The van der Waals surface area contributed by atoms with Gasteiger partial charge < -0.3 is 24.3 Å². The van der Waals surface area contributed by atoms with Gasteiger partial charge in [-0.2, -0.15) is 0 Å². The highest BCUT2D eigenvalue weighted by Crippen LogP contribution is 2.19. The third-order valence-corrected chi connectivity index (χ3v) is 3.85. The standard InChI is InChI=1S/C18H23NO8/c1-24-13(20)10-12(17(22)26-3)14(18(23)27-4)19-16(21)15(25-2)11-8-6-5-7-9-11/h5-9,12,14-15H,10H2,1-4H3,(H,19,21)/t12-,14+,15-/m1/s1. The van der Waals surface area contributed by atoms with E-state index in [0.29, 0.717) is 5.56 Å². The minimum Gasteiger partial charge on any atom is -0.469 e. The summed E-state index contributed by atoms with van der Waals surface area (Å²) in [6.45, 7) is 0. The van der Waals surface area contributed by atoms with Gasteiger partial charge in [0.25, 0.3) is 5.91 Å². The quantitative estimate of drug-likeness (QED) is 0.482. The Morgan fingerprint density at radius 1 is 0.889 bits per heavy atom. The number of hydrogen-bond donors (Lipinski definition) is 1. The van der Waals surface area contributed by atoms with Gasteiger partial charge in [0.05, 0.1) is 33.7 Å². The van der Waals surface area contributed by atoms with Crippen LogP contribution in [-0.4, -0.2) is 58.3 Å². The molecule has 0 heterocycles. The maximum absolute atomic E-state index is 12.7. The lowest BCUT2D eigenvalue weighted by molar-refractivity contribution is -0.160. The second-order valence-corrected chi connectivity index (χ2v) is 5.45. The second kappa shape index (κ2) is 10.9. The van der Waals surface area contributed by atoms with Crippen LogP contribution in [0, 0.1) is 5.92 Å². The van der Waals surface area contributed by atoms with Gasteiger partial charge in [0.1, 0.15) is 6.04 Å². The molecule has 0 saturated heterocycles. The Bertz CT molecular complexity index is 661. The molecule has 9 nitrogen and oxygen atoms in total. The molecule has 0 bridgehead atoms. The molecule has 0 aromatic heterocycles. The normalized spacial score (nSPS) is 13.6. The zero-order valence-corrected chi connectivity index (χ0v) is 15.6. The average Bonchev–Trinajstić information content (AvgIpc) is 2.70. The second-order valence-electron chi connectivity index (χ2n) is 5.45. The molecule has 9 heteroatoms. The fourth-order valence-electron chi connectivity index (χ4n) is 2.45. The van der Waals surface area contributed by atoms with E-state index in [0.717, 1.165) is 21.3 Å². The van der Waals surface area contributed by atoms with Crippen LogP contribution in [0.1, 0.15) is 18.1 Å². The van der Waals surface area contributed by atoms with Crippen LogP contribution in [0.25, 0.3) is 0 Å². The monoisotopic (exact) mass is 381 g/mol. The molecule has 0 unspecified atom stereocenters. The smallest absolute Gasteiger partial charge is 0.329 e. The number of nitrogens with one attached hydrogen (secondary N) is 1. The maximum atomic E-state index is 12.7. The number of esters is 3. The van der Waals surface area contributed by atoms with Crippen molar-refractivity contribution >= 4 is 23.8 Å². The van der Waals surface area contributed by atoms with Gasteiger partial charge in [-0.15, -0.1) is 0 Å². The number of ether oxygens (including phenoxy) is 4. The minimum absolute atomic E-state index is 0.480. The first-order valence-electron chi connectivity index (χ1n) is 8.00. The zero-order valence-electron chi connectivity index (χ0n) is 15.6. The van der Waals surface area contributed by atoms with E-state index in [4.69, 9.17) is 4.74 Å². The number of benzene rings is 1. The molecule has 27 heavy (non-hydrogen) atoms. The summed E-state index contributed by atoms with van der Waals surface area (Å²) in [6.07, 6.45) is -1.51. The van der Waals surface area contributed by atoms with E-state index >= 15 is 0 Å². The third-order valence-electron chi connectivity index (χ3n) is 3.85. The fourth-order valence-corrected chi connectivity index (χ4v) is 2.45. The van der Waals surface area contributed by atoms with Crippen molar-refractivity contribution in [3.05, 3.63) is 35.9 Å². The van der Waals surface area contributed by atoms with Crippen molar-refractivity contribution in [2.45, 2.75) is 18.6 Å². The molecular weight excluding hydrogens is 358 g/mol. The summed E-state index contributed by atoms with van der Waals surface area (Å²) >= 11 is 0. The Hall–Kier alpha value is -2.94. The van der Waals surface area contributed by atoms with E-state index in [1.807, 2.05) is 0 Å². The Morgan fingerprint density at radius 2 is 1.48 bits per heavy atom. The van der Waals surface area contributed by atoms with Gasteiger partial charge in [-0.05, 0) is 5.56 Å². The predicted octanol–water partition coefficient (Wildman–Crippen LogP) is 0.384. The summed E-state index contributed by atoms with van der Waals surface area (Å²) in [5.41, 5.74) is 0.545. The van der Waals surface area contributed by atoms with Gasteiger partial charge in [0, 0.05) is 7.11 Å². The van der Waals surface area contributed by atoms with Crippen LogP contribution in [0.15, 0.2) is 30.3 Å². The first-order valence-corrected chi connectivity index (χ1v) is 8.00. The largest absolute Gasteiger partial charge is 0.469 e. The highest BCUT2D eigenvalue weighted by atomic mass is 16.5. The molecule has 0 aliphatic heterocycles. The topological polar surface area (TPSA) is 117 Å². The summed E-state index contributed by atoms with van der Waals surface area (Å²) < 4.78 is 19.1. The molecule has 0 saturated carbocycles. The molecule has 3 atom stereocenters. The van der Waals surface area contributed by atoms with Crippen molar-refractivity contribution in [3.63, 3.8) is 0 Å². The highest BCUT2D eigenvalue weighted by molar-refractivity contribution is 5.92. The van der Waals surface area contributed by atoms with Crippen molar-refractivity contribution in [1.29, 1.82) is 0 Å². The van der Waals surface area contributed by atoms with Gasteiger partial charge >= 0.3 is 17.9 Å². The van der Waals surface area contributed by atoms with Crippen molar-refractivity contribution in [2.24, 2.45) is 5.92 Å². The van der Waals surface area contributed by atoms with Crippen LogP contribution in [0.4, 0.5) is 0 Å². The minimum atomic E-state index is -1.46. The van der Waals surface area contributed by atoms with Gasteiger partial charge in [0.15, 0.2) is 6.10 Å². The molecule has 0 fully saturated rings. The Labute approximate surface area is 156 Å². The molecule has 0 aliphatic rings. The molecular formula is C18H23NO8. The molecule has 0 aliphatic carbocycles. The average molecular weight is 381 g/mol. The SMILES string of the molecule is COC(=O)C[C@@H](C(=O)OC)[C@H](NC(=O)[C@H](OC)c1ccccc1)C(=O)OC. The summed E-state index contributed by atoms with van der Waals surface area (Å²) in [6, 6.07) is 7.10. The van der Waals surface area contributed by atoms with Crippen LogP contribution >= 0.6 is 0 Å². The molecule has 0 radical (unpaired) electrons. The van der Waals surface area contributed by atoms with Crippen molar-refractivity contribution in [3.8, 4) is 0 Å². The van der Waals surface area contributed by atoms with Gasteiger partial charge in [0.2, 0.25) is 0 Å². The molecule has 1 amide bonds. The summed E-state index contributed by atoms with van der Waals surface area (Å²) in [4.78, 5) is 48.6. The van der Waals surface area contributed by atoms with Crippen LogP contribution < -0.4 is 5.32 Å². The fraction of sp³-hybridized carbons (Fsp3) is 0.444. The molecule has 0 spiro atoms. The number of hydrogen-bond acceptors (Lipinski definition) is 8. The van der Waals surface area contributed by atoms with E-state index in [1.54, 1.807) is 30.3 Å². The van der Waals surface area contributed by atoms with Crippen LogP contribution in [-0.2, 0) is 38.1 Å². The molecule has 1 aromatic rings. The van der Waals surface area contributed by atoms with E-state index in [1.165, 1.54) is 7.11 Å². The Balaban J connectivity index is 3.13. The van der Waals surface area contributed by atoms with E-state index in [9.17, 15) is 19.2 Å². The lowest BCUT2D eigenvalue weighted by Gasteiger charge is -2.25. The van der Waals surface area contributed by atoms with Crippen molar-refractivity contribution in [1.82, 2.24) is 5.32 Å². The lowest BCUT2D eigenvalue weighted by Crippen LogP contribution is -2.51. The van der Waals surface area contributed by atoms with Gasteiger partial charge in [-0.3, -0.25) is 14.4 Å². The highest BCUT2D eigenvalue weighted by Gasteiger charge is 2.39. The predicted molar refractivity (Wildman–Crippen MR) is 92.3 cm³/mol. The third kappa shape index (κ3) is 6.07. The molecule has 1 aromatic carbocycles. The summed E-state index contributed by atoms with van der Waals surface area (Å²) in [7, 11) is 4.67. The van der Waals surface area contributed by atoms with E-state index in [2.05, 4.69) is 19.5 Å². The molecule has 1 rings (SSSR count). The Kier molecular flexibility index (Phi) is 8.94. The van der Waals surface area contributed by atoms with Crippen LogP contribution in [0.5, 0.6) is 0 Å². The lowest BCUT2D eigenvalue weighted by atomic mass is 9.95. The zero-order chi connectivity index (χ0) is 20.4. The van der Waals surface area contributed by atoms with Gasteiger partial charge in [-0.25, -0.2) is 4.79 Å². The first kappa shape index (κ1) is 22.1.